The average Bonchev–Trinajstić information content (AvgIpc) is 3.02. The van der Waals surface area contributed by atoms with E-state index in [2.05, 4.69) is 34.6 Å². The molecule has 4 aliphatic rings. The summed E-state index contributed by atoms with van der Waals surface area (Å²) in [6.07, 6.45) is 9.83. The van der Waals surface area contributed by atoms with Gasteiger partial charge >= 0.3 is 5.97 Å². The van der Waals surface area contributed by atoms with Crippen LogP contribution in [0, 0.1) is 40.4 Å². The Morgan fingerprint density at radius 2 is 1.85 bits per heavy atom. The number of carbonyl (C=O) groups is 2. The summed E-state index contributed by atoms with van der Waals surface area (Å²) < 4.78 is 5.60. The van der Waals surface area contributed by atoms with E-state index < -0.39 is 0 Å². The van der Waals surface area contributed by atoms with E-state index in [1.165, 1.54) is 24.5 Å². The van der Waals surface area contributed by atoms with Crippen molar-refractivity contribution < 1.29 is 19.4 Å². The van der Waals surface area contributed by atoms with Crippen molar-refractivity contribution in [3.05, 3.63) is 11.1 Å². The van der Waals surface area contributed by atoms with Gasteiger partial charge in [0.05, 0.1) is 6.10 Å². The second kappa shape index (κ2) is 9.13. The normalized spacial score (nSPS) is 40.2. The molecule has 4 heteroatoms. The van der Waals surface area contributed by atoms with E-state index in [9.17, 15) is 14.7 Å². The number of esters is 1. The first-order valence-corrected chi connectivity index (χ1v) is 13.6. The van der Waals surface area contributed by atoms with E-state index in [1.54, 1.807) is 0 Å². The molecule has 0 spiro atoms. The van der Waals surface area contributed by atoms with Gasteiger partial charge in [-0.3, -0.25) is 9.59 Å². The molecule has 0 bridgehead atoms. The highest BCUT2D eigenvalue weighted by Crippen LogP contribution is 2.65. The van der Waals surface area contributed by atoms with Gasteiger partial charge in [-0.15, -0.1) is 0 Å². The Morgan fingerprint density at radius 3 is 2.52 bits per heavy atom. The second-order valence-corrected chi connectivity index (χ2v) is 12.8. The SMILES string of the molecule is CC(=O)OC1CC[C@@]2(C)[C@@H](CCC3=C4C(=O)C[C@H]([C@H](C)CCC(O)C(C)C)[C@@]4(C)CC[C@@H]32)C1. The standard InChI is InChI=1S/C29H46O4/c1-17(2)25(31)10-7-18(3)24-16-26(32)27-22-9-8-20-15-21(33-19(4)30)11-13-28(20,5)23(22)12-14-29(24,27)6/h17-18,20-21,23-25,31H,7-16H2,1-6H3/t18-,20+,21?,23+,24-,25?,28+,29-/m1/s1. The number of ether oxygens (including phenoxy) is 1. The molecule has 4 rings (SSSR count). The van der Waals surface area contributed by atoms with E-state index in [1.807, 2.05) is 0 Å². The summed E-state index contributed by atoms with van der Waals surface area (Å²) in [5, 5.41) is 10.3. The third-order valence-corrected chi connectivity index (χ3v) is 10.5. The molecule has 0 aromatic rings. The van der Waals surface area contributed by atoms with Gasteiger partial charge in [-0.1, -0.05) is 40.2 Å². The third-order valence-electron chi connectivity index (χ3n) is 10.5. The Balaban J connectivity index is 1.55. The molecule has 0 heterocycles. The lowest BCUT2D eigenvalue weighted by Gasteiger charge is -2.56. The van der Waals surface area contributed by atoms with Crippen molar-refractivity contribution in [2.45, 2.75) is 118 Å². The van der Waals surface area contributed by atoms with Gasteiger partial charge in [0.2, 0.25) is 0 Å². The lowest BCUT2D eigenvalue weighted by atomic mass is 9.48. The minimum atomic E-state index is -0.247. The fraction of sp³-hybridized carbons (Fsp3) is 0.862. The summed E-state index contributed by atoms with van der Waals surface area (Å²) in [5.41, 5.74) is 2.94. The zero-order valence-corrected chi connectivity index (χ0v) is 21.8. The average molecular weight is 459 g/mol. The molecule has 4 nitrogen and oxygen atoms in total. The van der Waals surface area contributed by atoms with Gasteiger partial charge < -0.3 is 9.84 Å². The molecule has 0 radical (unpaired) electrons. The lowest BCUT2D eigenvalue weighted by molar-refractivity contribution is -0.152. The van der Waals surface area contributed by atoms with Gasteiger partial charge in [-0.2, -0.15) is 0 Å². The third kappa shape index (κ3) is 4.34. The molecular formula is C29H46O4. The molecule has 0 saturated heterocycles. The largest absolute Gasteiger partial charge is 0.463 e. The zero-order chi connectivity index (χ0) is 24.1. The first kappa shape index (κ1) is 24.9. The van der Waals surface area contributed by atoms with Gasteiger partial charge in [-0.05, 0) is 98.2 Å². The second-order valence-electron chi connectivity index (χ2n) is 12.8. The molecule has 2 unspecified atom stereocenters. The Hall–Kier alpha value is -1.16. The van der Waals surface area contributed by atoms with Gasteiger partial charge in [0, 0.05) is 18.9 Å². The van der Waals surface area contributed by atoms with Crippen molar-refractivity contribution >= 4 is 11.8 Å². The number of rotatable bonds is 6. The molecule has 1 N–H and O–H groups in total. The van der Waals surface area contributed by atoms with Gasteiger partial charge in [0.25, 0.3) is 0 Å². The van der Waals surface area contributed by atoms with Crippen LogP contribution in [-0.4, -0.2) is 29.1 Å². The Bertz CT molecular complexity index is 812. The zero-order valence-electron chi connectivity index (χ0n) is 21.8. The fourth-order valence-corrected chi connectivity index (χ4v) is 8.46. The topological polar surface area (TPSA) is 63.6 Å². The Kier molecular flexibility index (Phi) is 6.90. The summed E-state index contributed by atoms with van der Waals surface area (Å²) >= 11 is 0. The molecule has 3 fully saturated rings. The fourth-order valence-electron chi connectivity index (χ4n) is 8.46. The molecule has 8 atom stereocenters. The maximum absolute atomic E-state index is 13.5. The minimum absolute atomic E-state index is 0.00323. The van der Waals surface area contributed by atoms with Crippen molar-refractivity contribution in [2.24, 2.45) is 40.4 Å². The number of ketones is 1. The smallest absolute Gasteiger partial charge is 0.302 e. The molecule has 4 aliphatic carbocycles. The molecule has 0 aromatic heterocycles. The summed E-state index contributed by atoms with van der Waals surface area (Å²) in [5.74, 6) is 2.49. The number of fused-ring (bicyclic) bond motifs is 4. The van der Waals surface area contributed by atoms with Crippen molar-refractivity contribution in [1.82, 2.24) is 0 Å². The summed E-state index contributed by atoms with van der Waals surface area (Å²) in [7, 11) is 0. The highest BCUT2D eigenvalue weighted by Gasteiger charge is 2.58. The van der Waals surface area contributed by atoms with E-state index in [-0.39, 0.29) is 34.9 Å². The van der Waals surface area contributed by atoms with Crippen LogP contribution in [0.25, 0.3) is 0 Å². The molecule has 186 valence electrons. The van der Waals surface area contributed by atoms with Gasteiger partial charge in [0.1, 0.15) is 6.10 Å². The highest BCUT2D eigenvalue weighted by molar-refractivity contribution is 6.00. The van der Waals surface area contributed by atoms with Crippen LogP contribution in [0.15, 0.2) is 11.1 Å². The van der Waals surface area contributed by atoms with Crippen LogP contribution in [0.5, 0.6) is 0 Å². The summed E-state index contributed by atoms with van der Waals surface area (Å²) in [4.78, 5) is 25.0. The molecule has 0 aromatic carbocycles. The number of hydrogen-bond acceptors (Lipinski definition) is 4. The van der Waals surface area contributed by atoms with Crippen LogP contribution in [-0.2, 0) is 14.3 Å². The monoisotopic (exact) mass is 458 g/mol. The van der Waals surface area contributed by atoms with E-state index in [0.29, 0.717) is 35.9 Å². The first-order valence-electron chi connectivity index (χ1n) is 13.6. The molecule has 3 saturated carbocycles. The van der Waals surface area contributed by atoms with Gasteiger partial charge in [-0.25, -0.2) is 0 Å². The van der Waals surface area contributed by atoms with Crippen molar-refractivity contribution in [3.63, 3.8) is 0 Å². The van der Waals surface area contributed by atoms with Crippen LogP contribution >= 0.6 is 0 Å². The Labute approximate surface area is 200 Å². The Morgan fingerprint density at radius 1 is 1.12 bits per heavy atom. The maximum Gasteiger partial charge on any atom is 0.302 e. The van der Waals surface area contributed by atoms with E-state index >= 15 is 0 Å². The number of carbonyl (C=O) groups excluding carboxylic acids is 2. The summed E-state index contributed by atoms with van der Waals surface area (Å²) in [6, 6.07) is 0. The van der Waals surface area contributed by atoms with Gasteiger partial charge in [0.15, 0.2) is 5.78 Å². The number of aliphatic hydroxyl groups is 1. The quantitative estimate of drug-likeness (QED) is 0.478. The van der Waals surface area contributed by atoms with Crippen LogP contribution in [0.4, 0.5) is 0 Å². The van der Waals surface area contributed by atoms with Crippen LogP contribution < -0.4 is 0 Å². The lowest BCUT2D eigenvalue weighted by Crippen LogP contribution is -2.49. The summed E-state index contributed by atoms with van der Waals surface area (Å²) in [6.45, 7) is 12.8. The van der Waals surface area contributed by atoms with Crippen LogP contribution in [0.2, 0.25) is 0 Å². The van der Waals surface area contributed by atoms with E-state index in [0.717, 1.165) is 51.4 Å². The molecule has 0 aliphatic heterocycles. The number of Topliss-reactive ketones (excluding diaryl/α,β-unsaturated/α-hetero) is 1. The molecular weight excluding hydrogens is 412 g/mol. The minimum Gasteiger partial charge on any atom is -0.463 e. The van der Waals surface area contributed by atoms with Crippen molar-refractivity contribution in [2.75, 3.05) is 0 Å². The predicted molar refractivity (Wildman–Crippen MR) is 130 cm³/mol. The van der Waals surface area contributed by atoms with Crippen molar-refractivity contribution in [3.8, 4) is 0 Å². The number of allylic oxidation sites excluding steroid dienone is 2. The van der Waals surface area contributed by atoms with E-state index in [4.69, 9.17) is 4.74 Å². The predicted octanol–water partition coefficient (Wildman–Crippen LogP) is 6.25. The highest BCUT2D eigenvalue weighted by atomic mass is 16.5. The maximum atomic E-state index is 13.5. The van der Waals surface area contributed by atoms with Crippen LogP contribution in [0.1, 0.15) is 106 Å². The number of aliphatic hydroxyl groups excluding tert-OH is 1. The first-order chi connectivity index (χ1) is 15.5. The van der Waals surface area contributed by atoms with Crippen LogP contribution in [0.3, 0.4) is 0 Å². The molecule has 33 heavy (non-hydrogen) atoms. The molecule has 0 amide bonds. The number of hydrogen-bond donors (Lipinski definition) is 1. The van der Waals surface area contributed by atoms with Crippen molar-refractivity contribution in [1.29, 1.82) is 0 Å².